The van der Waals surface area contributed by atoms with Crippen LogP contribution >= 0.6 is 24.0 Å². The molecule has 124 valence electrons. The number of guanidine groups is 1. The van der Waals surface area contributed by atoms with Crippen LogP contribution in [0.1, 0.15) is 27.8 Å². The van der Waals surface area contributed by atoms with Crippen molar-refractivity contribution in [2.45, 2.75) is 34.2 Å². The molecule has 4 N–H and O–H groups in total. The van der Waals surface area contributed by atoms with Crippen molar-refractivity contribution in [3.05, 3.63) is 58.1 Å². The lowest BCUT2D eigenvalue weighted by Crippen LogP contribution is -2.22. The van der Waals surface area contributed by atoms with Crippen LogP contribution in [0.5, 0.6) is 5.75 Å². The second kappa shape index (κ2) is 8.19. The summed E-state index contributed by atoms with van der Waals surface area (Å²) in [6.45, 7) is 8.38. The maximum atomic E-state index is 9.78. The minimum absolute atomic E-state index is 0. The molecule has 0 saturated carbocycles. The molecule has 5 heteroatoms. The number of halogens is 1. The van der Waals surface area contributed by atoms with E-state index in [2.05, 4.69) is 30.2 Å². The van der Waals surface area contributed by atoms with Gasteiger partial charge in [-0.1, -0.05) is 18.2 Å². The Kier molecular flexibility index (Phi) is 6.87. The third kappa shape index (κ3) is 5.13. The highest BCUT2D eigenvalue weighted by Crippen LogP contribution is 2.23. The third-order valence-electron chi connectivity index (χ3n) is 3.76. The molecule has 0 saturated heterocycles. The summed E-state index contributed by atoms with van der Waals surface area (Å²) in [4.78, 5) is 4.36. The summed E-state index contributed by atoms with van der Waals surface area (Å²) in [5.74, 6) is 0.723. The van der Waals surface area contributed by atoms with Gasteiger partial charge in [0.1, 0.15) is 5.75 Å². The van der Waals surface area contributed by atoms with E-state index in [1.165, 1.54) is 11.1 Å². The molecule has 2 aromatic rings. The molecule has 0 aromatic heterocycles. The molecule has 0 aliphatic carbocycles. The largest absolute Gasteiger partial charge is 0.507 e. The van der Waals surface area contributed by atoms with Crippen LogP contribution in [0.3, 0.4) is 0 Å². The predicted molar refractivity (Wildman–Crippen MR) is 108 cm³/mol. The maximum Gasteiger partial charge on any atom is 0.193 e. The molecular formula is C18H24IN3O. The average Bonchev–Trinajstić information content (AvgIpc) is 2.46. The van der Waals surface area contributed by atoms with Gasteiger partial charge in [0, 0.05) is 5.69 Å². The number of phenols is 1. The molecular weight excluding hydrogens is 401 g/mol. The van der Waals surface area contributed by atoms with Crippen LogP contribution in [0.15, 0.2) is 35.3 Å². The molecule has 0 radical (unpaired) electrons. The summed E-state index contributed by atoms with van der Waals surface area (Å²) in [7, 11) is 0. The van der Waals surface area contributed by atoms with Gasteiger partial charge < -0.3 is 16.2 Å². The number of nitrogens with one attached hydrogen (secondary N) is 1. The molecule has 2 aromatic carbocycles. The molecule has 0 spiro atoms. The van der Waals surface area contributed by atoms with Crippen LogP contribution < -0.4 is 11.1 Å². The Labute approximate surface area is 154 Å². The van der Waals surface area contributed by atoms with E-state index in [1.54, 1.807) is 0 Å². The molecule has 0 aliphatic heterocycles. The zero-order valence-corrected chi connectivity index (χ0v) is 16.3. The van der Waals surface area contributed by atoms with E-state index in [4.69, 9.17) is 5.73 Å². The molecule has 0 unspecified atom stereocenters. The number of benzene rings is 2. The minimum Gasteiger partial charge on any atom is -0.507 e. The van der Waals surface area contributed by atoms with Crippen LogP contribution in [-0.4, -0.2) is 11.1 Å². The summed E-state index contributed by atoms with van der Waals surface area (Å²) in [6, 6.07) is 9.94. The van der Waals surface area contributed by atoms with Crippen molar-refractivity contribution in [1.29, 1.82) is 0 Å². The highest BCUT2D eigenvalue weighted by molar-refractivity contribution is 14.0. The number of aryl methyl sites for hydroxylation is 4. The first kappa shape index (κ1) is 19.3. The van der Waals surface area contributed by atoms with Crippen molar-refractivity contribution < 1.29 is 5.11 Å². The van der Waals surface area contributed by atoms with E-state index in [0.717, 1.165) is 22.4 Å². The van der Waals surface area contributed by atoms with Gasteiger partial charge in [0.05, 0.1) is 6.54 Å². The SMILES string of the molecule is Cc1ccc(NC(N)=NCc2cc(C)c(O)c(C)c2)cc1C.I. The molecule has 0 fully saturated rings. The van der Waals surface area contributed by atoms with Crippen molar-refractivity contribution in [1.82, 2.24) is 0 Å². The Morgan fingerprint density at radius 2 is 1.61 bits per heavy atom. The predicted octanol–water partition coefficient (Wildman–Crippen LogP) is 4.17. The summed E-state index contributed by atoms with van der Waals surface area (Å²) in [5.41, 5.74) is 12.1. The number of phenolic OH excluding ortho intramolecular Hbond substituents is 1. The quantitative estimate of drug-likeness (QED) is 0.393. The second-order valence-electron chi connectivity index (χ2n) is 5.70. The van der Waals surface area contributed by atoms with Crippen LogP contribution in [-0.2, 0) is 6.54 Å². The number of aliphatic imine (C=N–C) groups is 1. The fraction of sp³-hybridized carbons (Fsp3) is 0.278. The van der Waals surface area contributed by atoms with Gasteiger partial charge in [-0.3, -0.25) is 0 Å². The Morgan fingerprint density at radius 3 is 2.17 bits per heavy atom. The average molecular weight is 425 g/mol. The third-order valence-corrected chi connectivity index (χ3v) is 3.76. The molecule has 0 aliphatic rings. The van der Waals surface area contributed by atoms with Crippen molar-refractivity contribution in [2.75, 3.05) is 5.32 Å². The van der Waals surface area contributed by atoms with Gasteiger partial charge in [-0.05, 0) is 67.6 Å². The first-order chi connectivity index (χ1) is 10.4. The zero-order chi connectivity index (χ0) is 16.3. The molecule has 2 rings (SSSR count). The summed E-state index contributed by atoms with van der Waals surface area (Å²) in [6.07, 6.45) is 0. The molecule has 0 amide bonds. The lowest BCUT2D eigenvalue weighted by Gasteiger charge is -2.09. The number of nitrogens with zero attached hydrogens (tertiary/aromatic N) is 1. The monoisotopic (exact) mass is 425 g/mol. The smallest absolute Gasteiger partial charge is 0.193 e. The highest BCUT2D eigenvalue weighted by Gasteiger charge is 2.03. The van der Waals surface area contributed by atoms with E-state index in [0.29, 0.717) is 18.3 Å². The summed E-state index contributed by atoms with van der Waals surface area (Å²) >= 11 is 0. The van der Waals surface area contributed by atoms with Gasteiger partial charge in [0.15, 0.2) is 5.96 Å². The maximum absolute atomic E-state index is 9.78. The second-order valence-corrected chi connectivity index (χ2v) is 5.70. The number of anilines is 1. The fourth-order valence-electron chi connectivity index (χ4n) is 2.32. The Balaban J connectivity index is 0.00000264. The van der Waals surface area contributed by atoms with E-state index in [-0.39, 0.29) is 24.0 Å². The number of nitrogens with two attached hydrogens (primary N) is 1. The van der Waals surface area contributed by atoms with Crippen molar-refractivity contribution in [3.8, 4) is 5.75 Å². The lowest BCUT2D eigenvalue weighted by atomic mass is 10.1. The molecule has 0 heterocycles. The van der Waals surface area contributed by atoms with E-state index in [1.807, 2.05) is 38.1 Å². The first-order valence-corrected chi connectivity index (χ1v) is 7.30. The normalized spacial score (nSPS) is 11.0. The molecule has 4 nitrogen and oxygen atoms in total. The van der Waals surface area contributed by atoms with Gasteiger partial charge >= 0.3 is 0 Å². The first-order valence-electron chi connectivity index (χ1n) is 7.30. The number of hydrogen-bond donors (Lipinski definition) is 3. The van der Waals surface area contributed by atoms with E-state index < -0.39 is 0 Å². The topological polar surface area (TPSA) is 70.6 Å². The molecule has 0 bridgehead atoms. The highest BCUT2D eigenvalue weighted by atomic mass is 127. The Hall–Kier alpha value is -1.76. The lowest BCUT2D eigenvalue weighted by molar-refractivity contribution is 0.466. The summed E-state index contributed by atoms with van der Waals surface area (Å²) in [5, 5.41) is 12.9. The van der Waals surface area contributed by atoms with Gasteiger partial charge in [0.25, 0.3) is 0 Å². The number of aromatic hydroxyl groups is 1. The zero-order valence-electron chi connectivity index (χ0n) is 14.0. The van der Waals surface area contributed by atoms with Crippen LogP contribution in [0, 0.1) is 27.7 Å². The number of rotatable bonds is 3. The van der Waals surface area contributed by atoms with Gasteiger partial charge in [0.2, 0.25) is 0 Å². The Morgan fingerprint density at radius 1 is 1.00 bits per heavy atom. The fourth-order valence-corrected chi connectivity index (χ4v) is 2.32. The van der Waals surface area contributed by atoms with E-state index >= 15 is 0 Å². The van der Waals surface area contributed by atoms with Crippen LogP contribution in [0.4, 0.5) is 5.69 Å². The summed E-state index contributed by atoms with van der Waals surface area (Å²) < 4.78 is 0. The van der Waals surface area contributed by atoms with Gasteiger partial charge in [-0.2, -0.15) is 0 Å². The van der Waals surface area contributed by atoms with Crippen molar-refractivity contribution in [3.63, 3.8) is 0 Å². The van der Waals surface area contributed by atoms with Crippen molar-refractivity contribution in [2.24, 2.45) is 10.7 Å². The van der Waals surface area contributed by atoms with Gasteiger partial charge in [-0.25, -0.2) is 4.99 Å². The minimum atomic E-state index is 0. The van der Waals surface area contributed by atoms with Crippen LogP contribution in [0.2, 0.25) is 0 Å². The molecule has 0 atom stereocenters. The molecule has 23 heavy (non-hydrogen) atoms. The van der Waals surface area contributed by atoms with Crippen LogP contribution in [0.25, 0.3) is 0 Å². The number of hydrogen-bond acceptors (Lipinski definition) is 2. The standard InChI is InChI=1S/C18H23N3O.HI/c1-11-5-6-16(9-12(11)2)21-18(19)20-10-15-7-13(3)17(22)14(4)8-15;/h5-9,22H,10H2,1-4H3,(H3,19,20,21);1H. The van der Waals surface area contributed by atoms with E-state index in [9.17, 15) is 5.11 Å². The van der Waals surface area contributed by atoms with Crippen molar-refractivity contribution >= 4 is 35.6 Å². The van der Waals surface area contributed by atoms with Gasteiger partial charge in [-0.15, -0.1) is 24.0 Å². The Bertz CT molecular complexity index is 703.